The van der Waals surface area contributed by atoms with Gasteiger partial charge in [-0.1, -0.05) is 12.1 Å². The van der Waals surface area contributed by atoms with Crippen LogP contribution < -0.4 is 19.1 Å². The Morgan fingerprint density at radius 2 is 1.56 bits per heavy atom. The molecule has 1 amide bonds. The molecule has 0 fully saturated rings. The normalized spacial score (nSPS) is 11.6. The van der Waals surface area contributed by atoms with Crippen molar-refractivity contribution in [3.05, 3.63) is 77.4 Å². The number of hydrogen-bond acceptors (Lipinski definition) is 5. The first-order valence-electron chi connectivity index (χ1n) is 10.7. The van der Waals surface area contributed by atoms with Gasteiger partial charge in [-0.25, -0.2) is 8.42 Å². The number of aryl methyl sites for hydroxylation is 2. The molecule has 0 bridgehead atoms. The second kappa shape index (κ2) is 10.5. The number of nitrogens with zero attached hydrogens (tertiary/aromatic N) is 1. The molecule has 1 N–H and O–H groups in total. The molecule has 0 radical (unpaired) electrons. The van der Waals surface area contributed by atoms with Gasteiger partial charge in [0.15, 0.2) is 11.5 Å². The summed E-state index contributed by atoms with van der Waals surface area (Å²) in [6.45, 7) is 2.89. The smallest absolute Gasteiger partial charge is 0.416 e. The summed E-state index contributed by atoms with van der Waals surface area (Å²) in [5.74, 6) is -0.377. The van der Waals surface area contributed by atoms with Crippen molar-refractivity contribution in [1.82, 2.24) is 0 Å². The van der Waals surface area contributed by atoms with E-state index in [-0.39, 0.29) is 22.1 Å². The third-order valence-electron chi connectivity index (χ3n) is 5.20. The van der Waals surface area contributed by atoms with Crippen LogP contribution in [0.15, 0.2) is 65.6 Å². The number of nitrogens with one attached hydrogen (secondary N) is 1. The summed E-state index contributed by atoms with van der Waals surface area (Å²) >= 11 is 0. The topological polar surface area (TPSA) is 84.9 Å². The first-order chi connectivity index (χ1) is 16.8. The lowest BCUT2D eigenvalue weighted by Gasteiger charge is -2.25. The Morgan fingerprint density at radius 1 is 0.917 bits per heavy atom. The molecule has 0 aromatic heterocycles. The molecule has 0 aliphatic rings. The molecule has 36 heavy (non-hydrogen) atoms. The van der Waals surface area contributed by atoms with Gasteiger partial charge in [0.1, 0.15) is 6.54 Å². The van der Waals surface area contributed by atoms with Gasteiger partial charge in [-0.2, -0.15) is 13.2 Å². The third kappa shape index (κ3) is 6.09. The number of halogens is 3. The number of alkyl halides is 3. The quantitative estimate of drug-likeness (QED) is 0.441. The Bertz CT molecular complexity index is 1350. The summed E-state index contributed by atoms with van der Waals surface area (Å²) in [4.78, 5) is 12.6. The van der Waals surface area contributed by atoms with Crippen LogP contribution in [-0.2, 0) is 21.0 Å². The molecule has 0 saturated heterocycles. The minimum Gasteiger partial charge on any atom is -0.493 e. The van der Waals surface area contributed by atoms with E-state index < -0.39 is 34.2 Å². The minimum absolute atomic E-state index is 0.0993. The largest absolute Gasteiger partial charge is 0.493 e. The fourth-order valence-electron chi connectivity index (χ4n) is 3.63. The van der Waals surface area contributed by atoms with Crippen molar-refractivity contribution in [3.63, 3.8) is 0 Å². The van der Waals surface area contributed by atoms with E-state index in [2.05, 4.69) is 5.32 Å². The van der Waals surface area contributed by atoms with E-state index in [1.54, 1.807) is 12.1 Å². The summed E-state index contributed by atoms with van der Waals surface area (Å²) in [5.41, 5.74) is 0.804. The van der Waals surface area contributed by atoms with E-state index in [9.17, 15) is 26.4 Å². The molecule has 3 aromatic rings. The highest BCUT2D eigenvalue weighted by Crippen LogP contribution is 2.35. The molecule has 0 spiro atoms. The van der Waals surface area contributed by atoms with E-state index >= 15 is 0 Å². The molecule has 0 aliphatic carbocycles. The summed E-state index contributed by atoms with van der Waals surface area (Å²) in [7, 11) is -1.82. The Labute approximate surface area is 207 Å². The van der Waals surface area contributed by atoms with Crippen LogP contribution >= 0.6 is 0 Å². The van der Waals surface area contributed by atoms with Gasteiger partial charge in [-0.05, 0) is 67.4 Å². The Morgan fingerprint density at radius 3 is 2.14 bits per heavy atom. The van der Waals surface area contributed by atoms with Gasteiger partial charge in [0, 0.05) is 11.8 Å². The number of rotatable bonds is 8. The maximum atomic E-state index is 13.6. The van der Waals surface area contributed by atoms with Gasteiger partial charge < -0.3 is 14.8 Å². The standard InChI is InChI=1S/C25H25F3N2O5S/c1-16-10-17(2)12-19(11-16)29-24(31)15-30(20-7-5-6-18(13-20)25(26,27)28)36(32,33)21-8-9-22(34-3)23(14-21)35-4/h5-14H,15H2,1-4H3,(H,29,31). The second-order valence-electron chi connectivity index (χ2n) is 8.00. The van der Waals surface area contributed by atoms with Crippen LogP contribution in [0.25, 0.3) is 0 Å². The third-order valence-corrected chi connectivity index (χ3v) is 6.97. The molecular formula is C25H25F3N2O5S. The average molecular weight is 523 g/mol. The van der Waals surface area contributed by atoms with Crippen LogP contribution in [0, 0.1) is 13.8 Å². The first-order valence-corrected chi connectivity index (χ1v) is 12.1. The summed E-state index contributed by atoms with van der Waals surface area (Å²) < 4.78 is 78.3. The van der Waals surface area contributed by atoms with Gasteiger partial charge in [0.25, 0.3) is 10.0 Å². The molecule has 11 heteroatoms. The number of carbonyl (C=O) groups excluding carboxylic acids is 1. The second-order valence-corrected chi connectivity index (χ2v) is 9.86. The van der Waals surface area contributed by atoms with Crippen LogP contribution in [-0.4, -0.2) is 35.1 Å². The van der Waals surface area contributed by atoms with Crippen molar-refractivity contribution in [2.45, 2.75) is 24.9 Å². The fourth-order valence-corrected chi connectivity index (χ4v) is 5.06. The van der Waals surface area contributed by atoms with E-state index in [0.717, 1.165) is 23.3 Å². The van der Waals surface area contributed by atoms with E-state index in [4.69, 9.17) is 9.47 Å². The summed E-state index contributed by atoms with van der Waals surface area (Å²) in [6, 6.07) is 12.8. The summed E-state index contributed by atoms with van der Waals surface area (Å²) in [6.07, 6.45) is -4.71. The highest BCUT2D eigenvalue weighted by atomic mass is 32.2. The number of amides is 1. The Balaban J connectivity index is 2.07. The minimum atomic E-state index is -4.71. The van der Waals surface area contributed by atoms with E-state index in [0.29, 0.717) is 16.1 Å². The lowest BCUT2D eigenvalue weighted by Crippen LogP contribution is -2.38. The predicted octanol–water partition coefficient (Wildman–Crippen LogP) is 5.17. The SMILES string of the molecule is COc1ccc(S(=O)(=O)N(CC(=O)Nc2cc(C)cc(C)c2)c2cccc(C(F)(F)F)c2)cc1OC. The van der Waals surface area contributed by atoms with Crippen LogP contribution in [0.4, 0.5) is 24.5 Å². The highest BCUT2D eigenvalue weighted by Gasteiger charge is 2.33. The lowest BCUT2D eigenvalue weighted by molar-refractivity contribution is -0.137. The monoisotopic (exact) mass is 522 g/mol. The van der Waals surface area contributed by atoms with E-state index in [1.807, 2.05) is 19.9 Å². The summed E-state index contributed by atoms with van der Waals surface area (Å²) in [5, 5.41) is 2.62. The first kappa shape index (κ1) is 26.9. The number of carbonyl (C=O) groups is 1. The molecule has 7 nitrogen and oxygen atoms in total. The molecule has 3 rings (SSSR count). The maximum Gasteiger partial charge on any atom is 0.416 e. The fraction of sp³-hybridized carbons (Fsp3) is 0.240. The average Bonchev–Trinajstić information content (AvgIpc) is 2.80. The molecular weight excluding hydrogens is 497 g/mol. The van der Waals surface area contributed by atoms with Crippen molar-refractivity contribution in [1.29, 1.82) is 0 Å². The van der Waals surface area contributed by atoms with Gasteiger partial charge in [0.2, 0.25) is 5.91 Å². The Hall–Kier alpha value is -3.73. The van der Waals surface area contributed by atoms with Crippen LogP contribution in [0.3, 0.4) is 0 Å². The zero-order valence-corrected chi connectivity index (χ0v) is 20.8. The molecule has 0 saturated carbocycles. The van der Waals surface area contributed by atoms with Gasteiger partial charge in [-0.15, -0.1) is 0 Å². The molecule has 0 unspecified atom stereocenters. The highest BCUT2D eigenvalue weighted by molar-refractivity contribution is 7.92. The van der Waals surface area contributed by atoms with Crippen molar-refractivity contribution in [2.24, 2.45) is 0 Å². The van der Waals surface area contributed by atoms with Crippen molar-refractivity contribution >= 4 is 27.3 Å². The van der Waals surface area contributed by atoms with Crippen LogP contribution in [0.1, 0.15) is 16.7 Å². The number of ether oxygens (including phenoxy) is 2. The molecule has 0 heterocycles. The van der Waals surface area contributed by atoms with Crippen LogP contribution in [0.2, 0.25) is 0 Å². The van der Waals surface area contributed by atoms with Crippen molar-refractivity contribution in [3.8, 4) is 11.5 Å². The predicted molar refractivity (Wildman–Crippen MR) is 130 cm³/mol. The maximum absolute atomic E-state index is 13.6. The van der Waals surface area contributed by atoms with Gasteiger partial charge in [0.05, 0.1) is 30.4 Å². The number of hydrogen-bond donors (Lipinski definition) is 1. The molecule has 0 atom stereocenters. The van der Waals surface area contributed by atoms with Crippen molar-refractivity contribution < 1.29 is 35.9 Å². The molecule has 3 aromatic carbocycles. The zero-order chi connectivity index (χ0) is 26.7. The molecule has 192 valence electrons. The van der Waals surface area contributed by atoms with Crippen molar-refractivity contribution in [2.75, 3.05) is 30.4 Å². The number of benzene rings is 3. The van der Waals surface area contributed by atoms with Crippen LogP contribution in [0.5, 0.6) is 11.5 Å². The molecule has 0 aliphatic heterocycles. The van der Waals surface area contributed by atoms with Gasteiger partial charge in [-0.3, -0.25) is 9.10 Å². The number of anilines is 2. The van der Waals surface area contributed by atoms with Gasteiger partial charge >= 0.3 is 6.18 Å². The zero-order valence-electron chi connectivity index (χ0n) is 20.0. The number of sulfonamides is 1. The number of methoxy groups -OCH3 is 2. The lowest BCUT2D eigenvalue weighted by atomic mass is 10.1. The van der Waals surface area contributed by atoms with E-state index in [1.165, 1.54) is 38.5 Å². The Kier molecular flexibility index (Phi) is 7.83.